The van der Waals surface area contributed by atoms with Gasteiger partial charge in [0.25, 0.3) is 0 Å². The van der Waals surface area contributed by atoms with E-state index in [0.29, 0.717) is 25.4 Å². The summed E-state index contributed by atoms with van der Waals surface area (Å²) in [6.45, 7) is 5.35. The molecule has 2 N–H and O–H groups in total. The van der Waals surface area contributed by atoms with Crippen LogP contribution < -0.4 is 10.5 Å². The fraction of sp³-hybridized carbons (Fsp3) is 0.318. The largest absolute Gasteiger partial charge is 0.490 e. The second-order valence-electron chi connectivity index (χ2n) is 7.07. The third-order valence-electron chi connectivity index (χ3n) is 5.45. The minimum Gasteiger partial charge on any atom is -0.490 e. The first-order valence-corrected chi connectivity index (χ1v) is 8.97. The highest BCUT2D eigenvalue weighted by Crippen LogP contribution is 2.54. The van der Waals surface area contributed by atoms with Crippen LogP contribution in [-0.4, -0.2) is 31.6 Å². The van der Waals surface area contributed by atoms with Crippen LogP contribution in [0.15, 0.2) is 59.8 Å². The number of allylic oxidation sites excluding steroid dienone is 2. The summed E-state index contributed by atoms with van der Waals surface area (Å²) in [7, 11) is 1.98. The molecule has 0 saturated carbocycles. The molecule has 1 heterocycles. The van der Waals surface area contributed by atoms with Gasteiger partial charge in [0.05, 0.1) is 23.4 Å². The van der Waals surface area contributed by atoms with E-state index in [4.69, 9.17) is 10.5 Å². The van der Waals surface area contributed by atoms with E-state index >= 15 is 0 Å². The quantitative estimate of drug-likeness (QED) is 0.815. The molecule has 0 fully saturated rings. The zero-order valence-corrected chi connectivity index (χ0v) is 15.7. The predicted octanol–water partition coefficient (Wildman–Crippen LogP) is 2.61. The molecule has 1 aliphatic heterocycles. The van der Waals surface area contributed by atoms with E-state index in [9.17, 15) is 15.8 Å². The molecule has 0 unspecified atom stereocenters. The molecule has 0 aromatic heterocycles. The highest BCUT2D eigenvalue weighted by molar-refractivity contribution is 5.59. The van der Waals surface area contributed by atoms with Gasteiger partial charge in [-0.25, -0.2) is 0 Å². The second-order valence-corrected chi connectivity index (χ2v) is 7.07. The van der Waals surface area contributed by atoms with Gasteiger partial charge >= 0.3 is 0 Å². The Bertz CT molecular complexity index is 954. The van der Waals surface area contributed by atoms with Crippen molar-refractivity contribution in [2.24, 2.45) is 17.1 Å². The summed E-state index contributed by atoms with van der Waals surface area (Å²) in [6, 6.07) is 13.8. The summed E-state index contributed by atoms with van der Waals surface area (Å²) in [5.74, 6) is 0.0127. The third-order valence-corrected chi connectivity index (χ3v) is 5.45. The van der Waals surface area contributed by atoms with Crippen LogP contribution >= 0.6 is 0 Å². The van der Waals surface area contributed by atoms with Crippen LogP contribution in [0.1, 0.15) is 11.5 Å². The molecule has 0 bridgehead atoms. The van der Waals surface area contributed by atoms with Gasteiger partial charge in [0.15, 0.2) is 5.41 Å². The van der Waals surface area contributed by atoms with Crippen molar-refractivity contribution < 1.29 is 4.74 Å². The Morgan fingerprint density at radius 2 is 1.96 bits per heavy atom. The number of nitriles is 3. The minimum atomic E-state index is -1.60. The van der Waals surface area contributed by atoms with Crippen molar-refractivity contribution in [2.45, 2.75) is 5.92 Å². The molecule has 6 heteroatoms. The van der Waals surface area contributed by atoms with E-state index in [1.54, 1.807) is 6.08 Å². The van der Waals surface area contributed by atoms with Gasteiger partial charge in [-0.1, -0.05) is 30.9 Å². The Morgan fingerprint density at radius 3 is 2.54 bits per heavy atom. The molecule has 0 amide bonds. The van der Waals surface area contributed by atoms with Gasteiger partial charge in [0.1, 0.15) is 18.4 Å². The van der Waals surface area contributed by atoms with E-state index in [1.807, 2.05) is 37.4 Å². The lowest BCUT2D eigenvalue weighted by atomic mass is 9.58. The summed E-state index contributed by atoms with van der Waals surface area (Å²) in [6.07, 6.45) is 3.64. The molecule has 1 aliphatic carbocycles. The molecule has 0 spiro atoms. The van der Waals surface area contributed by atoms with Crippen LogP contribution in [0.4, 0.5) is 0 Å². The average Bonchev–Trinajstić information content (AvgIpc) is 2.72. The highest BCUT2D eigenvalue weighted by atomic mass is 16.5. The number of nitrogens with two attached hydrogens (primary N) is 1. The van der Waals surface area contributed by atoms with Crippen LogP contribution in [0.2, 0.25) is 0 Å². The van der Waals surface area contributed by atoms with Crippen molar-refractivity contribution >= 4 is 0 Å². The summed E-state index contributed by atoms with van der Waals surface area (Å²) in [4.78, 5) is 2.11. The number of nitrogens with zero attached hydrogens (tertiary/aromatic N) is 4. The van der Waals surface area contributed by atoms with E-state index in [-0.39, 0.29) is 17.2 Å². The van der Waals surface area contributed by atoms with Crippen LogP contribution in [0.3, 0.4) is 0 Å². The monoisotopic (exact) mass is 371 g/mol. The number of rotatable bonds is 4. The number of hydrogen-bond donors (Lipinski definition) is 1. The second kappa shape index (κ2) is 7.61. The van der Waals surface area contributed by atoms with Crippen LogP contribution in [0.5, 0.6) is 5.75 Å². The predicted molar refractivity (Wildman–Crippen MR) is 104 cm³/mol. The Morgan fingerprint density at radius 1 is 1.29 bits per heavy atom. The van der Waals surface area contributed by atoms with Crippen LogP contribution in [0.25, 0.3) is 0 Å². The molecular weight excluding hydrogens is 350 g/mol. The number of hydrogen-bond acceptors (Lipinski definition) is 6. The molecule has 6 nitrogen and oxygen atoms in total. The molecule has 0 radical (unpaired) electrons. The van der Waals surface area contributed by atoms with Crippen LogP contribution in [-0.2, 0) is 0 Å². The van der Waals surface area contributed by atoms with E-state index < -0.39 is 11.3 Å². The maximum Gasteiger partial charge on any atom is 0.191 e. The maximum atomic E-state index is 10.0. The lowest BCUT2D eigenvalue weighted by Crippen LogP contribution is -2.47. The molecule has 0 saturated heterocycles. The molecule has 140 valence electrons. The molecule has 2 atom stereocenters. The smallest absolute Gasteiger partial charge is 0.191 e. The standard InChI is InChI=1S/C22H21N5O/c1-3-10-28-16-6-4-15(5-7-16)20-19-12-27(2)9-8-17(19)18(11-23)21(26)22(20,13-24)14-25/h3-8,19-20H,1,9-10,12,26H2,2H3/t19-,20+/m1/s1. The highest BCUT2D eigenvalue weighted by Gasteiger charge is 2.54. The maximum absolute atomic E-state index is 10.0. The van der Waals surface area contributed by atoms with Crippen LogP contribution in [0, 0.1) is 45.3 Å². The number of ether oxygens (including phenoxy) is 1. The normalized spacial score (nSPS) is 23.4. The molecule has 1 aromatic carbocycles. The van der Waals surface area contributed by atoms with Gasteiger partial charge in [-0.15, -0.1) is 0 Å². The minimum absolute atomic E-state index is 0.0454. The summed E-state index contributed by atoms with van der Waals surface area (Å²) >= 11 is 0. The first-order chi connectivity index (χ1) is 13.5. The lowest BCUT2D eigenvalue weighted by molar-refractivity contribution is 0.237. The van der Waals surface area contributed by atoms with Crippen molar-refractivity contribution in [1.29, 1.82) is 15.8 Å². The SMILES string of the molecule is C=CCOc1ccc([C@H]2[C@@H]3CN(C)CC=C3C(C#N)=C(N)C2(C#N)C#N)cc1. The fourth-order valence-electron chi connectivity index (χ4n) is 4.13. The van der Waals surface area contributed by atoms with Gasteiger partial charge < -0.3 is 15.4 Å². The topological polar surface area (TPSA) is 110 Å². The lowest BCUT2D eigenvalue weighted by Gasteiger charge is -2.45. The van der Waals surface area contributed by atoms with Gasteiger partial charge in [-0.3, -0.25) is 0 Å². The molecule has 1 aromatic rings. The number of likely N-dealkylation sites (N-methyl/N-ethyl adjacent to an activating group) is 1. The summed E-state index contributed by atoms with van der Waals surface area (Å²) in [5, 5.41) is 29.7. The first kappa shape index (κ1) is 19.2. The number of benzene rings is 1. The fourth-order valence-corrected chi connectivity index (χ4v) is 4.13. The van der Waals surface area contributed by atoms with Gasteiger partial charge in [0.2, 0.25) is 0 Å². The van der Waals surface area contributed by atoms with Crippen molar-refractivity contribution in [1.82, 2.24) is 4.90 Å². The molecule has 2 aliphatic rings. The van der Waals surface area contributed by atoms with E-state index in [2.05, 4.69) is 29.7 Å². The first-order valence-electron chi connectivity index (χ1n) is 8.97. The van der Waals surface area contributed by atoms with Crippen molar-refractivity contribution in [2.75, 3.05) is 26.7 Å². The zero-order chi connectivity index (χ0) is 20.3. The Kier molecular flexibility index (Phi) is 5.23. The van der Waals surface area contributed by atoms with Crippen molar-refractivity contribution in [3.63, 3.8) is 0 Å². The van der Waals surface area contributed by atoms with Gasteiger partial charge in [0, 0.05) is 24.9 Å². The Labute approximate surface area is 165 Å². The van der Waals surface area contributed by atoms with E-state index in [1.165, 1.54) is 0 Å². The average molecular weight is 371 g/mol. The Balaban J connectivity index is 2.18. The zero-order valence-electron chi connectivity index (χ0n) is 15.7. The van der Waals surface area contributed by atoms with Gasteiger partial charge in [-0.05, 0) is 30.3 Å². The number of fused-ring (bicyclic) bond motifs is 1. The van der Waals surface area contributed by atoms with Crippen molar-refractivity contribution in [3.05, 3.63) is 65.4 Å². The summed E-state index contributed by atoms with van der Waals surface area (Å²) < 4.78 is 5.54. The molecular formula is C22H21N5O. The Hall–Kier alpha value is -3.53. The summed E-state index contributed by atoms with van der Waals surface area (Å²) in [5.41, 5.74) is 6.64. The van der Waals surface area contributed by atoms with E-state index in [0.717, 1.165) is 11.1 Å². The third kappa shape index (κ3) is 2.93. The van der Waals surface area contributed by atoms with Gasteiger partial charge in [-0.2, -0.15) is 15.8 Å². The molecule has 28 heavy (non-hydrogen) atoms. The van der Waals surface area contributed by atoms with Crippen molar-refractivity contribution in [3.8, 4) is 24.0 Å². The molecule has 3 rings (SSSR count).